The van der Waals surface area contributed by atoms with E-state index >= 15 is 0 Å². The summed E-state index contributed by atoms with van der Waals surface area (Å²) in [7, 11) is 0. The summed E-state index contributed by atoms with van der Waals surface area (Å²) >= 11 is 0. The molecule has 108 valence electrons. The molecular weight excluding hydrogens is 256 g/mol. The lowest BCUT2D eigenvalue weighted by atomic mass is 10.4. The molecule has 0 aromatic heterocycles. The molecule has 19 heavy (non-hydrogen) atoms. The molecule has 0 N–H and O–H groups in total. The maximum atomic E-state index is 11.0. The highest BCUT2D eigenvalue weighted by Gasteiger charge is 2.24. The van der Waals surface area contributed by atoms with Crippen molar-refractivity contribution in [3.05, 3.63) is 12.2 Å². The third-order valence-corrected chi connectivity index (χ3v) is 2.14. The van der Waals surface area contributed by atoms with Crippen LogP contribution in [0.15, 0.2) is 12.2 Å². The van der Waals surface area contributed by atoms with Crippen molar-refractivity contribution in [2.45, 2.75) is 13.0 Å². The molecule has 0 aromatic rings. The van der Waals surface area contributed by atoms with Crippen LogP contribution in [-0.2, 0) is 28.5 Å². The Kier molecular flexibility index (Phi) is 6.91. The molecule has 0 saturated carbocycles. The first-order valence-electron chi connectivity index (χ1n) is 5.91. The van der Waals surface area contributed by atoms with Crippen LogP contribution in [0.1, 0.15) is 6.92 Å². The number of rotatable bonds is 9. The van der Waals surface area contributed by atoms with Gasteiger partial charge in [0.2, 0.25) is 0 Å². The molecule has 1 unspecified atom stereocenters. The van der Waals surface area contributed by atoms with Gasteiger partial charge >= 0.3 is 12.1 Å². The van der Waals surface area contributed by atoms with Gasteiger partial charge in [-0.2, -0.15) is 0 Å². The van der Waals surface area contributed by atoms with E-state index in [9.17, 15) is 9.59 Å². The van der Waals surface area contributed by atoms with Crippen molar-refractivity contribution >= 4 is 12.1 Å². The van der Waals surface area contributed by atoms with Gasteiger partial charge in [0.1, 0.15) is 13.2 Å². The molecule has 0 radical (unpaired) electrons. The molecule has 0 bridgehead atoms. The Balaban J connectivity index is 1.85. The Morgan fingerprint density at radius 3 is 2.63 bits per heavy atom. The quantitative estimate of drug-likeness (QED) is 0.347. The zero-order valence-corrected chi connectivity index (χ0v) is 10.9. The predicted molar refractivity (Wildman–Crippen MR) is 63.6 cm³/mol. The first kappa shape index (κ1) is 15.5. The van der Waals surface area contributed by atoms with E-state index in [0.29, 0.717) is 25.4 Å². The predicted octanol–water partition coefficient (Wildman–Crippen LogP) is 0.674. The van der Waals surface area contributed by atoms with Crippen molar-refractivity contribution in [3.8, 4) is 0 Å². The van der Waals surface area contributed by atoms with E-state index in [1.54, 1.807) is 6.92 Å². The van der Waals surface area contributed by atoms with Crippen LogP contribution in [0, 0.1) is 0 Å². The first-order valence-corrected chi connectivity index (χ1v) is 5.91. The molecule has 0 aromatic carbocycles. The zero-order valence-electron chi connectivity index (χ0n) is 10.9. The van der Waals surface area contributed by atoms with Gasteiger partial charge in [-0.3, -0.25) is 0 Å². The second kappa shape index (κ2) is 8.49. The Morgan fingerprint density at radius 2 is 2.00 bits per heavy atom. The normalized spacial score (nSPS) is 17.7. The fourth-order valence-electron chi connectivity index (χ4n) is 1.20. The highest BCUT2D eigenvalue weighted by molar-refractivity contribution is 5.86. The molecule has 1 rings (SSSR count). The molecule has 0 spiro atoms. The number of carbonyl (C=O) groups excluding carboxylic acids is 2. The minimum atomic E-state index is -0.663. The van der Waals surface area contributed by atoms with E-state index in [4.69, 9.17) is 18.9 Å². The van der Waals surface area contributed by atoms with Crippen molar-refractivity contribution < 1.29 is 33.3 Å². The molecule has 7 nitrogen and oxygen atoms in total. The number of carbonyl (C=O) groups is 2. The summed E-state index contributed by atoms with van der Waals surface area (Å²) < 4.78 is 24.6. The molecule has 7 heteroatoms. The summed E-state index contributed by atoms with van der Waals surface area (Å²) in [5.41, 5.74) is 0.358. The van der Waals surface area contributed by atoms with Crippen LogP contribution in [-0.4, -0.2) is 57.9 Å². The molecule has 1 aliphatic rings. The Bertz CT molecular complexity index is 326. The van der Waals surface area contributed by atoms with Crippen LogP contribution < -0.4 is 0 Å². The second-order valence-corrected chi connectivity index (χ2v) is 3.90. The molecule has 1 aliphatic heterocycles. The van der Waals surface area contributed by atoms with Crippen LogP contribution >= 0.6 is 0 Å². The molecule has 1 saturated heterocycles. The van der Waals surface area contributed by atoms with Crippen molar-refractivity contribution in [2.75, 3.05) is 39.6 Å². The monoisotopic (exact) mass is 274 g/mol. The van der Waals surface area contributed by atoms with Gasteiger partial charge in [-0.25, -0.2) is 9.59 Å². The number of ether oxygens (including phenoxy) is 5. The lowest BCUT2D eigenvalue weighted by molar-refractivity contribution is -0.140. The summed E-state index contributed by atoms with van der Waals surface area (Å²) in [5, 5.41) is 0. The standard InChI is InChI=1S/C12H18O7/c1-9(2)11(13)17-6-5-15-3-4-16-7-10-8-18-12(14)19-10/h10H,1,3-8H2,2H3. The van der Waals surface area contributed by atoms with Crippen LogP contribution in [0.3, 0.4) is 0 Å². The van der Waals surface area contributed by atoms with Gasteiger partial charge in [-0.05, 0) is 6.92 Å². The Labute approximate surface area is 111 Å². The summed E-state index contributed by atoms with van der Waals surface area (Å²) in [5.74, 6) is -0.428. The third kappa shape index (κ3) is 6.78. The number of esters is 1. The van der Waals surface area contributed by atoms with E-state index in [-0.39, 0.29) is 25.9 Å². The van der Waals surface area contributed by atoms with Gasteiger partial charge in [-0.1, -0.05) is 6.58 Å². The van der Waals surface area contributed by atoms with Crippen molar-refractivity contribution in [1.82, 2.24) is 0 Å². The van der Waals surface area contributed by atoms with Crippen LogP contribution in [0.25, 0.3) is 0 Å². The molecule has 1 atom stereocenters. The maximum absolute atomic E-state index is 11.0. The van der Waals surface area contributed by atoms with Gasteiger partial charge in [0.05, 0.1) is 26.4 Å². The molecule has 1 heterocycles. The van der Waals surface area contributed by atoms with Gasteiger partial charge in [0, 0.05) is 5.57 Å². The first-order chi connectivity index (χ1) is 9.09. The molecule has 0 amide bonds. The summed E-state index contributed by atoms with van der Waals surface area (Å²) in [4.78, 5) is 21.6. The fraction of sp³-hybridized carbons (Fsp3) is 0.667. The van der Waals surface area contributed by atoms with Gasteiger partial charge in [0.25, 0.3) is 0 Å². The minimum Gasteiger partial charge on any atom is -0.460 e. The summed E-state index contributed by atoms with van der Waals surface area (Å²) in [6.07, 6.45) is -1.01. The van der Waals surface area contributed by atoms with Crippen LogP contribution in [0.4, 0.5) is 4.79 Å². The second-order valence-electron chi connectivity index (χ2n) is 3.90. The highest BCUT2D eigenvalue weighted by atomic mass is 16.8. The Morgan fingerprint density at radius 1 is 1.32 bits per heavy atom. The van der Waals surface area contributed by atoms with E-state index in [2.05, 4.69) is 11.3 Å². The minimum absolute atomic E-state index is 0.180. The number of cyclic esters (lactones) is 2. The van der Waals surface area contributed by atoms with E-state index in [1.165, 1.54) is 0 Å². The van der Waals surface area contributed by atoms with E-state index < -0.39 is 12.1 Å². The van der Waals surface area contributed by atoms with Crippen molar-refractivity contribution in [3.63, 3.8) is 0 Å². The highest BCUT2D eigenvalue weighted by Crippen LogP contribution is 2.05. The summed E-state index contributed by atoms with van der Waals surface area (Å²) in [6.45, 7) is 6.74. The SMILES string of the molecule is C=C(C)C(=O)OCCOCCOCC1COC(=O)O1. The van der Waals surface area contributed by atoms with E-state index in [0.717, 1.165) is 0 Å². The Hall–Kier alpha value is -1.60. The number of hydrogen-bond acceptors (Lipinski definition) is 7. The largest absolute Gasteiger partial charge is 0.508 e. The molecular formula is C12H18O7. The van der Waals surface area contributed by atoms with Gasteiger partial charge < -0.3 is 23.7 Å². The topological polar surface area (TPSA) is 80.3 Å². The average molecular weight is 274 g/mol. The lowest BCUT2D eigenvalue weighted by Crippen LogP contribution is -2.20. The third-order valence-electron chi connectivity index (χ3n) is 2.14. The number of hydrogen-bond donors (Lipinski definition) is 0. The van der Waals surface area contributed by atoms with Crippen molar-refractivity contribution in [2.24, 2.45) is 0 Å². The maximum Gasteiger partial charge on any atom is 0.508 e. The molecule has 1 fully saturated rings. The van der Waals surface area contributed by atoms with E-state index in [1.807, 2.05) is 0 Å². The van der Waals surface area contributed by atoms with Gasteiger partial charge in [0.15, 0.2) is 6.10 Å². The lowest BCUT2D eigenvalue weighted by Gasteiger charge is -2.08. The van der Waals surface area contributed by atoms with Gasteiger partial charge in [-0.15, -0.1) is 0 Å². The van der Waals surface area contributed by atoms with Crippen LogP contribution in [0.5, 0.6) is 0 Å². The smallest absolute Gasteiger partial charge is 0.460 e. The molecule has 0 aliphatic carbocycles. The average Bonchev–Trinajstić information content (AvgIpc) is 2.78. The van der Waals surface area contributed by atoms with Crippen LogP contribution in [0.2, 0.25) is 0 Å². The summed E-state index contributed by atoms with van der Waals surface area (Å²) in [6, 6.07) is 0. The van der Waals surface area contributed by atoms with Crippen molar-refractivity contribution in [1.29, 1.82) is 0 Å². The fourth-order valence-corrected chi connectivity index (χ4v) is 1.20. The zero-order chi connectivity index (χ0) is 14.1.